The average Bonchev–Trinajstić information content (AvgIpc) is 2.83. The van der Waals surface area contributed by atoms with Crippen LogP contribution in [-0.2, 0) is 5.41 Å². The first-order valence-electron chi connectivity index (χ1n) is 10.4. The van der Waals surface area contributed by atoms with E-state index in [2.05, 4.69) is 45.7 Å². The standard InChI is InChI=1S/C27H24Br2N2O2/c1-27(2,25-15-21(32-3)13-23(30-25)17-7-5-9-19(28)11-17)26-16-22(33-4)14-24(31-26)18-8-6-10-20(29)12-18/h5-16H,1-4H3. The molecule has 0 saturated carbocycles. The summed E-state index contributed by atoms with van der Waals surface area (Å²) in [7, 11) is 3.35. The van der Waals surface area contributed by atoms with Crippen molar-refractivity contribution >= 4 is 31.9 Å². The van der Waals surface area contributed by atoms with E-state index >= 15 is 0 Å². The van der Waals surface area contributed by atoms with Crippen LogP contribution >= 0.6 is 31.9 Å². The number of hydrogen-bond donors (Lipinski definition) is 0. The van der Waals surface area contributed by atoms with Crippen molar-refractivity contribution in [1.82, 2.24) is 9.97 Å². The van der Waals surface area contributed by atoms with Gasteiger partial charge in [-0.2, -0.15) is 0 Å². The van der Waals surface area contributed by atoms with Crippen molar-refractivity contribution in [2.75, 3.05) is 14.2 Å². The fourth-order valence-electron chi connectivity index (χ4n) is 3.61. The third-order valence-electron chi connectivity index (χ3n) is 5.59. The van der Waals surface area contributed by atoms with E-state index < -0.39 is 5.41 Å². The molecule has 0 fully saturated rings. The van der Waals surface area contributed by atoms with Crippen LogP contribution in [0.25, 0.3) is 22.5 Å². The van der Waals surface area contributed by atoms with Gasteiger partial charge >= 0.3 is 0 Å². The van der Waals surface area contributed by atoms with E-state index in [9.17, 15) is 0 Å². The number of nitrogens with zero attached hydrogens (tertiary/aromatic N) is 2. The van der Waals surface area contributed by atoms with Crippen molar-refractivity contribution in [2.24, 2.45) is 0 Å². The fraction of sp³-hybridized carbons (Fsp3) is 0.185. The maximum atomic E-state index is 5.63. The summed E-state index contributed by atoms with van der Waals surface area (Å²) in [6, 6.07) is 24.0. The molecule has 0 amide bonds. The molecule has 4 nitrogen and oxygen atoms in total. The van der Waals surface area contributed by atoms with Gasteiger partial charge in [0.15, 0.2) is 0 Å². The van der Waals surface area contributed by atoms with Crippen LogP contribution < -0.4 is 9.47 Å². The third kappa shape index (κ3) is 5.12. The van der Waals surface area contributed by atoms with Crippen LogP contribution in [0.3, 0.4) is 0 Å². The van der Waals surface area contributed by atoms with Gasteiger partial charge in [-0.05, 0) is 38.1 Å². The topological polar surface area (TPSA) is 44.2 Å². The van der Waals surface area contributed by atoms with Crippen molar-refractivity contribution in [3.05, 3.63) is 93.1 Å². The van der Waals surface area contributed by atoms with Crippen LogP contribution in [0.15, 0.2) is 81.7 Å². The number of hydrogen-bond acceptors (Lipinski definition) is 4. The molecule has 0 spiro atoms. The number of halogens is 2. The molecular weight excluding hydrogens is 544 g/mol. The molecule has 33 heavy (non-hydrogen) atoms. The second-order valence-corrected chi connectivity index (χ2v) is 10.0. The van der Waals surface area contributed by atoms with Crippen LogP contribution in [-0.4, -0.2) is 24.2 Å². The highest BCUT2D eigenvalue weighted by atomic mass is 79.9. The Morgan fingerprint density at radius 1 is 0.636 bits per heavy atom. The first-order chi connectivity index (χ1) is 15.8. The highest BCUT2D eigenvalue weighted by molar-refractivity contribution is 9.10. The van der Waals surface area contributed by atoms with Crippen molar-refractivity contribution in [3.8, 4) is 34.0 Å². The Morgan fingerprint density at radius 3 is 1.42 bits per heavy atom. The maximum absolute atomic E-state index is 5.63. The molecule has 2 aromatic carbocycles. The normalized spacial score (nSPS) is 11.3. The van der Waals surface area contributed by atoms with Gasteiger partial charge in [0.25, 0.3) is 0 Å². The van der Waals surface area contributed by atoms with Crippen molar-refractivity contribution < 1.29 is 9.47 Å². The lowest BCUT2D eigenvalue weighted by Crippen LogP contribution is -2.23. The Bertz CT molecular complexity index is 1210. The van der Waals surface area contributed by atoms with E-state index in [1.54, 1.807) is 14.2 Å². The quantitative estimate of drug-likeness (QED) is 0.240. The zero-order chi connectivity index (χ0) is 23.6. The summed E-state index contributed by atoms with van der Waals surface area (Å²) in [5.41, 5.74) is 4.91. The van der Waals surface area contributed by atoms with Gasteiger partial charge in [-0.25, -0.2) is 0 Å². The first kappa shape index (κ1) is 23.5. The molecule has 0 unspecified atom stereocenters. The molecule has 0 saturated heterocycles. The van der Waals surface area contributed by atoms with Crippen LogP contribution in [0.5, 0.6) is 11.5 Å². The number of benzene rings is 2. The van der Waals surface area contributed by atoms with Gasteiger partial charge in [0.05, 0.1) is 37.0 Å². The largest absolute Gasteiger partial charge is 0.497 e. The summed E-state index contributed by atoms with van der Waals surface area (Å²) in [5, 5.41) is 0. The van der Waals surface area contributed by atoms with Crippen LogP contribution in [0.4, 0.5) is 0 Å². The average molecular weight is 568 g/mol. The fourth-order valence-corrected chi connectivity index (χ4v) is 4.41. The summed E-state index contributed by atoms with van der Waals surface area (Å²) in [6.07, 6.45) is 0. The molecule has 168 valence electrons. The summed E-state index contributed by atoms with van der Waals surface area (Å²) in [6.45, 7) is 4.23. The minimum Gasteiger partial charge on any atom is -0.497 e. The van der Waals surface area contributed by atoms with Crippen LogP contribution in [0.2, 0.25) is 0 Å². The van der Waals surface area contributed by atoms with Crippen molar-refractivity contribution in [3.63, 3.8) is 0 Å². The lowest BCUT2D eigenvalue weighted by atomic mass is 9.84. The Balaban J connectivity index is 1.86. The molecule has 0 aliphatic rings. The van der Waals surface area contributed by atoms with Crippen molar-refractivity contribution in [2.45, 2.75) is 19.3 Å². The Hall–Kier alpha value is -2.70. The highest BCUT2D eigenvalue weighted by Gasteiger charge is 2.29. The van der Waals surface area contributed by atoms with E-state index in [1.807, 2.05) is 72.8 Å². The SMILES string of the molecule is COc1cc(-c2cccc(Br)c2)nc(C(C)(C)c2cc(OC)cc(-c3cccc(Br)c3)n2)c1. The van der Waals surface area contributed by atoms with Gasteiger partial charge in [0.1, 0.15) is 11.5 Å². The molecule has 0 aliphatic carbocycles. The van der Waals surface area contributed by atoms with E-state index in [0.717, 1.165) is 54.3 Å². The van der Waals surface area contributed by atoms with Crippen LogP contribution in [0, 0.1) is 0 Å². The molecule has 0 aliphatic heterocycles. The van der Waals surface area contributed by atoms with Gasteiger partial charge in [0, 0.05) is 49.8 Å². The number of ether oxygens (including phenoxy) is 2. The van der Waals surface area contributed by atoms with E-state index in [4.69, 9.17) is 19.4 Å². The zero-order valence-corrected chi connectivity index (χ0v) is 22.1. The number of pyridine rings is 2. The minimum absolute atomic E-state index is 0.509. The minimum atomic E-state index is -0.509. The lowest BCUT2D eigenvalue weighted by Gasteiger charge is -2.26. The second kappa shape index (κ2) is 9.65. The van der Waals surface area contributed by atoms with Crippen molar-refractivity contribution in [1.29, 1.82) is 0 Å². The van der Waals surface area contributed by atoms with Crippen LogP contribution in [0.1, 0.15) is 25.2 Å². The van der Waals surface area contributed by atoms with Gasteiger partial charge in [0.2, 0.25) is 0 Å². The molecule has 4 aromatic rings. The zero-order valence-electron chi connectivity index (χ0n) is 18.9. The summed E-state index contributed by atoms with van der Waals surface area (Å²) in [5.74, 6) is 1.50. The molecule has 2 aromatic heterocycles. The third-order valence-corrected chi connectivity index (χ3v) is 6.58. The second-order valence-electron chi connectivity index (χ2n) is 8.20. The van der Waals surface area contributed by atoms with Gasteiger partial charge in [-0.15, -0.1) is 0 Å². The monoisotopic (exact) mass is 566 g/mol. The Kier molecular flexibility index (Phi) is 6.86. The predicted octanol–water partition coefficient (Wildman–Crippen LogP) is 7.68. The Labute approximate surface area is 211 Å². The molecular formula is C27H24Br2N2O2. The number of aromatic nitrogens is 2. The number of rotatable bonds is 6. The summed E-state index contributed by atoms with van der Waals surface area (Å²) < 4.78 is 13.3. The predicted molar refractivity (Wildman–Crippen MR) is 140 cm³/mol. The van der Waals surface area contributed by atoms with E-state index in [-0.39, 0.29) is 0 Å². The lowest BCUT2D eigenvalue weighted by molar-refractivity contribution is 0.409. The molecule has 0 bridgehead atoms. The molecule has 0 atom stereocenters. The van der Waals surface area contributed by atoms with Gasteiger partial charge in [-0.3, -0.25) is 9.97 Å². The number of methoxy groups -OCH3 is 2. The first-order valence-corrected chi connectivity index (χ1v) is 12.0. The Morgan fingerprint density at radius 2 is 1.06 bits per heavy atom. The van der Waals surface area contributed by atoms with E-state index in [1.165, 1.54) is 0 Å². The molecule has 0 radical (unpaired) electrons. The molecule has 4 rings (SSSR count). The van der Waals surface area contributed by atoms with E-state index in [0.29, 0.717) is 0 Å². The highest BCUT2D eigenvalue weighted by Crippen LogP contribution is 2.37. The molecule has 0 N–H and O–H groups in total. The summed E-state index contributed by atoms with van der Waals surface area (Å²) in [4.78, 5) is 10.0. The smallest absolute Gasteiger partial charge is 0.122 e. The van der Waals surface area contributed by atoms with Gasteiger partial charge in [-0.1, -0.05) is 56.1 Å². The summed E-state index contributed by atoms with van der Waals surface area (Å²) >= 11 is 7.11. The molecule has 2 heterocycles. The van der Waals surface area contributed by atoms with Gasteiger partial charge < -0.3 is 9.47 Å². The molecule has 6 heteroatoms. The maximum Gasteiger partial charge on any atom is 0.122 e.